The van der Waals surface area contributed by atoms with E-state index in [1.807, 2.05) is 13.8 Å². The zero-order valence-electron chi connectivity index (χ0n) is 14.4. The quantitative estimate of drug-likeness (QED) is 0.621. The van der Waals surface area contributed by atoms with E-state index in [-0.39, 0.29) is 29.6 Å². The van der Waals surface area contributed by atoms with Crippen LogP contribution in [0, 0.1) is 0 Å². The maximum atomic E-state index is 11.5. The average Bonchev–Trinajstić information content (AvgIpc) is 2.48. The van der Waals surface area contributed by atoms with E-state index in [1.165, 1.54) is 6.20 Å². The van der Waals surface area contributed by atoms with Crippen LogP contribution in [0.3, 0.4) is 0 Å². The summed E-state index contributed by atoms with van der Waals surface area (Å²) >= 11 is 0. The smallest absolute Gasteiger partial charge is 0.254 e. The summed E-state index contributed by atoms with van der Waals surface area (Å²) in [4.78, 5) is 31.2. The highest BCUT2D eigenvalue weighted by Gasteiger charge is 2.22. The Morgan fingerprint density at radius 1 is 1.21 bits per heavy atom. The van der Waals surface area contributed by atoms with Crippen molar-refractivity contribution in [2.24, 2.45) is 5.73 Å². The minimum Gasteiger partial charge on any atom is -0.367 e. The maximum Gasteiger partial charge on any atom is 0.254 e. The number of anilines is 2. The highest BCUT2D eigenvalue weighted by atomic mass is 16.1. The molecule has 24 heavy (non-hydrogen) atoms. The molecule has 2 amide bonds. The summed E-state index contributed by atoms with van der Waals surface area (Å²) in [5, 5.41) is 9.39. The van der Waals surface area contributed by atoms with Gasteiger partial charge in [-0.1, -0.05) is 0 Å². The van der Waals surface area contributed by atoms with Crippen LogP contribution in [0.15, 0.2) is 6.20 Å². The normalized spacial score (nSPS) is 20.5. The first kappa shape index (κ1) is 18.0. The fourth-order valence-corrected chi connectivity index (χ4v) is 2.87. The van der Waals surface area contributed by atoms with Crippen LogP contribution >= 0.6 is 0 Å². The number of primary amides is 1. The molecule has 0 saturated heterocycles. The maximum absolute atomic E-state index is 11.5. The lowest BCUT2D eigenvalue weighted by atomic mass is 9.91. The van der Waals surface area contributed by atoms with Gasteiger partial charge in [0.2, 0.25) is 11.9 Å². The highest BCUT2D eigenvalue weighted by Crippen LogP contribution is 2.22. The van der Waals surface area contributed by atoms with Crippen molar-refractivity contribution in [1.82, 2.24) is 15.3 Å². The van der Waals surface area contributed by atoms with E-state index in [1.54, 1.807) is 6.92 Å². The van der Waals surface area contributed by atoms with Gasteiger partial charge in [-0.2, -0.15) is 4.98 Å². The predicted octanol–water partition coefficient (Wildman–Crippen LogP) is 1.25. The Kier molecular flexibility index (Phi) is 5.94. The molecule has 8 nitrogen and oxygen atoms in total. The summed E-state index contributed by atoms with van der Waals surface area (Å²) in [6.45, 7) is 5.47. The van der Waals surface area contributed by atoms with E-state index < -0.39 is 5.91 Å². The first-order valence-corrected chi connectivity index (χ1v) is 8.32. The number of rotatable bonds is 6. The average molecular weight is 334 g/mol. The Labute approximate surface area is 142 Å². The molecule has 2 rings (SSSR count). The number of nitrogens with zero attached hydrogens (tertiary/aromatic N) is 2. The molecule has 0 bridgehead atoms. The van der Waals surface area contributed by atoms with Crippen LogP contribution in [0.4, 0.5) is 11.8 Å². The lowest BCUT2D eigenvalue weighted by Gasteiger charge is -2.29. The van der Waals surface area contributed by atoms with Gasteiger partial charge < -0.3 is 21.7 Å². The molecular weight excluding hydrogens is 308 g/mol. The van der Waals surface area contributed by atoms with Crippen molar-refractivity contribution in [2.45, 2.75) is 64.6 Å². The first-order valence-electron chi connectivity index (χ1n) is 8.32. The van der Waals surface area contributed by atoms with Gasteiger partial charge in [-0.3, -0.25) is 9.59 Å². The highest BCUT2D eigenvalue weighted by molar-refractivity contribution is 5.97. The van der Waals surface area contributed by atoms with Crippen molar-refractivity contribution < 1.29 is 9.59 Å². The second kappa shape index (κ2) is 7.94. The van der Waals surface area contributed by atoms with Gasteiger partial charge in [-0.15, -0.1) is 0 Å². The number of carbonyl (C=O) groups is 2. The van der Waals surface area contributed by atoms with Gasteiger partial charge in [0, 0.05) is 31.2 Å². The van der Waals surface area contributed by atoms with E-state index >= 15 is 0 Å². The molecule has 1 aromatic rings. The van der Waals surface area contributed by atoms with E-state index in [9.17, 15) is 9.59 Å². The number of hydrogen-bond acceptors (Lipinski definition) is 6. The molecule has 8 heteroatoms. The first-order chi connectivity index (χ1) is 11.3. The summed E-state index contributed by atoms with van der Waals surface area (Å²) < 4.78 is 0. The molecule has 1 aromatic heterocycles. The van der Waals surface area contributed by atoms with Gasteiger partial charge in [-0.25, -0.2) is 4.98 Å². The van der Waals surface area contributed by atoms with Crippen molar-refractivity contribution in [1.29, 1.82) is 0 Å². The summed E-state index contributed by atoms with van der Waals surface area (Å²) in [6, 6.07) is 0.622. The second-order valence-electron chi connectivity index (χ2n) is 6.51. The van der Waals surface area contributed by atoms with E-state index in [0.717, 1.165) is 25.7 Å². The van der Waals surface area contributed by atoms with Crippen LogP contribution in [0.5, 0.6) is 0 Å². The Morgan fingerprint density at radius 2 is 1.83 bits per heavy atom. The van der Waals surface area contributed by atoms with Crippen LogP contribution in [0.2, 0.25) is 0 Å². The van der Waals surface area contributed by atoms with Gasteiger partial charge in [0.1, 0.15) is 5.82 Å². The number of amides is 2. The number of hydrogen-bond donors (Lipinski definition) is 4. The van der Waals surface area contributed by atoms with Gasteiger partial charge in [0.05, 0.1) is 5.56 Å². The Hall–Kier alpha value is -2.38. The summed E-state index contributed by atoms with van der Waals surface area (Å²) in [7, 11) is 0. The molecule has 1 fully saturated rings. The Balaban J connectivity index is 2.00. The molecule has 0 spiro atoms. The summed E-state index contributed by atoms with van der Waals surface area (Å²) in [5.74, 6) is 0.384. The zero-order valence-corrected chi connectivity index (χ0v) is 14.4. The molecule has 1 aliphatic rings. The predicted molar refractivity (Wildman–Crippen MR) is 92.8 cm³/mol. The largest absolute Gasteiger partial charge is 0.367 e. The molecule has 0 aliphatic heterocycles. The lowest BCUT2D eigenvalue weighted by molar-refractivity contribution is -0.119. The molecule has 0 atom stereocenters. The van der Waals surface area contributed by atoms with Crippen molar-refractivity contribution in [3.63, 3.8) is 0 Å². The third-order valence-corrected chi connectivity index (χ3v) is 3.95. The molecule has 1 aliphatic carbocycles. The van der Waals surface area contributed by atoms with Crippen molar-refractivity contribution in [3.05, 3.63) is 11.8 Å². The van der Waals surface area contributed by atoms with E-state index in [4.69, 9.17) is 5.73 Å². The minimum atomic E-state index is -0.555. The van der Waals surface area contributed by atoms with Crippen molar-refractivity contribution in [3.8, 4) is 0 Å². The standard InChI is InChI=1S/C16H26N6O2/c1-9(2)19-15-13(14(17)24)8-18-16(22-15)21-12-6-4-11(5-7-12)20-10(3)23/h8-9,11-12H,4-7H2,1-3H3,(H2,17,24)(H,20,23)(H2,18,19,21,22). The Bertz CT molecular complexity index is 596. The fourth-order valence-electron chi connectivity index (χ4n) is 2.87. The fraction of sp³-hybridized carbons (Fsp3) is 0.625. The van der Waals surface area contributed by atoms with E-state index in [2.05, 4.69) is 25.9 Å². The zero-order chi connectivity index (χ0) is 17.7. The van der Waals surface area contributed by atoms with Crippen LogP contribution in [0.25, 0.3) is 0 Å². The Morgan fingerprint density at radius 3 is 2.38 bits per heavy atom. The molecule has 1 saturated carbocycles. The minimum absolute atomic E-state index is 0.0150. The third kappa shape index (κ3) is 5.07. The number of nitrogens with one attached hydrogen (secondary N) is 3. The van der Waals surface area contributed by atoms with Crippen molar-refractivity contribution in [2.75, 3.05) is 10.6 Å². The molecule has 0 radical (unpaired) electrons. The van der Waals surface area contributed by atoms with E-state index in [0.29, 0.717) is 11.8 Å². The number of nitrogens with two attached hydrogens (primary N) is 1. The molecule has 132 valence electrons. The molecule has 0 aromatic carbocycles. The molecule has 0 unspecified atom stereocenters. The molecular formula is C16H26N6O2. The SMILES string of the molecule is CC(=O)NC1CCC(Nc2ncc(C(N)=O)c(NC(C)C)n2)CC1. The van der Waals surface area contributed by atoms with Crippen LogP contribution in [-0.4, -0.2) is 39.9 Å². The van der Waals surface area contributed by atoms with Crippen LogP contribution in [-0.2, 0) is 4.79 Å². The summed E-state index contributed by atoms with van der Waals surface area (Å²) in [6.07, 6.45) is 5.16. The van der Waals surface area contributed by atoms with Crippen LogP contribution in [0.1, 0.15) is 56.8 Å². The molecule has 5 N–H and O–H groups in total. The van der Waals surface area contributed by atoms with Gasteiger partial charge in [-0.05, 0) is 39.5 Å². The lowest BCUT2D eigenvalue weighted by Crippen LogP contribution is -2.39. The monoisotopic (exact) mass is 334 g/mol. The van der Waals surface area contributed by atoms with Crippen molar-refractivity contribution >= 4 is 23.6 Å². The van der Waals surface area contributed by atoms with Gasteiger partial charge in [0.25, 0.3) is 5.91 Å². The topological polar surface area (TPSA) is 122 Å². The third-order valence-electron chi connectivity index (χ3n) is 3.95. The van der Waals surface area contributed by atoms with Gasteiger partial charge >= 0.3 is 0 Å². The molecule has 1 heterocycles. The number of aromatic nitrogens is 2. The van der Waals surface area contributed by atoms with Gasteiger partial charge in [0.15, 0.2) is 0 Å². The summed E-state index contributed by atoms with van der Waals surface area (Å²) in [5.41, 5.74) is 5.65. The number of carbonyl (C=O) groups excluding carboxylic acids is 2. The second-order valence-corrected chi connectivity index (χ2v) is 6.51. The van der Waals surface area contributed by atoms with Crippen LogP contribution < -0.4 is 21.7 Å².